The Bertz CT molecular complexity index is 555. The summed E-state index contributed by atoms with van der Waals surface area (Å²) in [7, 11) is 0. The van der Waals surface area contributed by atoms with Crippen LogP contribution in [-0.4, -0.2) is 0 Å². The smallest absolute Gasteiger partial charge is 0.131 e. The van der Waals surface area contributed by atoms with Crippen molar-refractivity contribution >= 4 is 0 Å². The highest BCUT2D eigenvalue weighted by molar-refractivity contribution is 5.64. The summed E-state index contributed by atoms with van der Waals surface area (Å²) in [5.41, 5.74) is 2.68. The van der Waals surface area contributed by atoms with Crippen LogP contribution in [0.5, 0.6) is 0 Å². The van der Waals surface area contributed by atoms with Gasteiger partial charge in [-0.15, -0.1) is 0 Å². The molecule has 0 radical (unpaired) electrons. The molecule has 3 rings (SSSR count). The molecule has 0 saturated heterocycles. The van der Waals surface area contributed by atoms with Gasteiger partial charge in [0.1, 0.15) is 5.82 Å². The molecule has 0 aliphatic heterocycles. The van der Waals surface area contributed by atoms with Gasteiger partial charge in [-0.2, -0.15) is 0 Å². The molecule has 2 aromatic carbocycles. The molecule has 0 amide bonds. The Labute approximate surface area is 100 Å². The lowest BCUT2D eigenvalue weighted by Gasteiger charge is -2.18. The standard InChI is InChI=1S/C16H13F/c17-16-11-14(12-7-4-8-12)9-10-15(16)13-5-2-1-3-6-13/h1-7,9-12H,8H2. The maximum atomic E-state index is 14.0. The van der Waals surface area contributed by atoms with Crippen molar-refractivity contribution < 1.29 is 4.39 Å². The van der Waals surface area contributed by atoms with E-state index in [1.807, 2.05) is 42.5 Å². The van der Waals surface area contributed by atoms with Crippen molar-refractivity contribution in [3.05, 3.63) is 72.1 Å². The van der Waals surface area contributed by atoms with E-state index in [9.17, 15) is 4.39 Å². The molecule has 1 heteroatoms. The lowest BCUT2D eigenvalue weighted by molar-refractivity contribution is 0.625. The predicted octanol–water partition coefficient (Wildman–Crippen LogP) is 4.54. The molecule has 0 aromatic heterocycles. The number of halogens is 1. The number of hydrogen-bond acceptors (Lipinski definition) is 0. The Morgan fingerprint density at radius 1 is 1.00 bits per heavy atom. The first kappa shape index (κ1) is 10.3. The van der Waals surface area contributed by atoms with E-state index in [0.717, 1.165) is 17.5 Å². The Balaban J connectivity index is 1.99. The zero-order valence-electron chi connectivity index (χ0n) is 9.44. The molecular formula is C16H13F. The lowest BCUT2D eigenvalue weighted by atomic mass is 9.87. The monoisotopic (exact) mass is 224 g/mol. The summed E-state index contributed by atoms with van der Waals surface area (Å²) in [4.78, 5) is 0. The van der Waals surface area contributed by atoms with Crippen LogP contribution < -0.4 is 0 Å². The average Bonchev–Trinajstić information content (AvgIpc) is 2.28. The van der Waals surface area contributed by atoms with Crippen molar-refractivity contribution in [1.82, 2.24) is 0 Å². The van der Waals surface area contributed by atoms with Crippen LogP contribution in [0, 0.1) is 5.82 Å². The Morgan fingerprint density at radius 3 is 2.35 bits per heavy atom. The van der Waals surface area contributed by atoms with Gasteiger partial charge in [-0.1, -0.05) is 54.6 Å². The highest BCUT2D eigenvalue weighted by atomic mass is 19.1. The van der Waals surface area contributed by atoms with Crippen LogP contribution in [0.3, 0.4) is 0 Å². The van der Waals surface area contributed by atoms with E-state index in [1.54, 1.807) is 6.07 Å². The van der Waals surface area contributed by atoms with Crippen LogP contribution in [0.4, 0.5) is 4.39 Å². The number of rotatable bonds is 2. The van der Waals surface area contributed by atoms with E-state index in [4.69, 9.17) is 0 Å². The summed E-state index contributed by atoms with van der Waals surface area (Å²) < 4.78 is 14.0. The summed E-state index contributed by atoms with van der Waals surface area (Å²) >= 11 is 0. The van der Waals surface area contributed by atoms with Gasteiger partial charge in [0.25, 0.3) is 0 Å². The third-order valence-electron chi connectivity index (χ3n) is 3.26. The quantitative estimate of drug-likeness (QED) is 0.657. The van der Waals surface area contributed by atoms with Gasteiger partial charge in [0.05, 0.1) is 0 Å². The maximum absolute atomic E-state index is 14.0. The third-order valence-corrected chi connectivity index (χ3v) is 3.26. The minimum atomic E-state index is -0.131. The molecule has 17 heavy (non-hydrogen) atoms. The zero-order valence-corrected chi connectivity index (χ0v) is 9.44. The van der Waals surface area contributed by atoms with Gasteiger partial charge in [0.15, 0.2) is 0 Å². The summed E-state index contributed by atoms with van der Waals surface area (Å²) in [6, 6.07) is 15.2. The molecule has 0 fully saturated rings. The lowest BCUT2D eigenvalue weighted by Crippen LogP contribution is -2.01. The molecule has 1 aliphatic carbocycles. The molecule has 0 spiro atoms. The minimum absolute atomic E-state index is 0.131. The zero-order chi connectivity index (χ0) is 11.7. The van der Waals surface area contributed by atoms with Crippen molar-refractivity contribution in [1.29, 1.82) is 0 Å². The normalized spacial score (nSPS) is 17.8. The SMILES string of the molecule is Fc1cc(C2C=CC2)ccc1-c1ccccc1. The maximum Gasteiger partial charge on any atom is 0.131 e. The third kappa shape index (κ3) is 1.89. The molecule has 1 aliphatic rings. The fourth-order valence-electron chi connectivity index (χ4n) is 2.13. The minimum Gasteiger partial charge on any atom is -0.206 e. The molecule has 1 atom stereocenters. The number of allylic oxidation sites excluding steroid dienone is 2. The van der Waals surface area contributed by atoms with E-state index in [0.29, 0.717) is 11.5 Å². The first-order chi connectivity index (χ1) is 8.34. The number of benzene rings is 2. The van der Waals surface area contributed by atoms with E-state index >= 15 is 0 Å². The molecule has 0 bridgehead atoms. The highest BCUT2D eigenvalue weighted by Crippen LogP contribution is 2.32. The highest BCUT2D eigenvalue weighted by Gasteiger charge is 2.14. The molecule has 0 N–H and O–H groups in total. The van der Waals surface area contributed by atoms with E-state index in [1.165, 1.54) is 0 Å². The Hall–Kier alpha value is -1.89. The number of hydrogen-bond donors (Lipinski definition) is 0. The second-order valence-corrected chi connectivity index (χ2v) is 4.38. The summed E-state index contributed by atoms with van der Waals surface area (Å²) in [5.74, 6) is 0.281. The first-order valence-electron chi connectivity index (χ1n) is 5.86. The van der Waals surface area contributed by atoms with Crippen LogP contribution >= 0.6 is 0 Å². The van der Waals surface area contributed by atoms with Crippen LogP contribution in [0.15, 0.2) is 60.7 Å². The van der Waals surface area contributed by atoms with Crippen molar-refractivity contribution in [2.24, 2.45) is 0 Å². The fourth-order valence-corrected chi connectivity index (χ4v) is 2.13. The van der Waals surface area contributed by atoms with Crippen LogP contribution in [0.2, 0.25) is 0 Å². The van der Waals surface area contributed by atoms with Gasteiger partial charge >= 0.3 is 0 Å². The average molecular weight is 224 g/mol. The second kappa shape index (κ2) is 4.17. The van der Waals surface area contributed by atoms with Crippen LogP contribution in [0.1, 0.15) is 17.9 Å². The van der Waals surface area contributed by atoms with E-state index in [2.05, 4.69) is 12.2 Å². The fraction of sp³-hybridized carbons (Fsp3) is 0.125. The van der Waals surface area contributed by atoms with Gasteiger partial charge in [0, 0.05) is 11.5 Å². The van der Waals surface area contributed by atoms with Crippen molar-refractivity contribution in [2.45, 2.75) is 12.3 Å². The van der Waals surface area contributed by atoms with Crippen molar-refractivity contribution in [3.63, 3.8) is 0 Å². The van der Waals surface area contributed by atoms with Crippen LogP contribution in [-0.2, 0) is 0 Å². The largest absolute Gasteiger partial charge is 0.206 e. The molecular weight excluding hydrogens is 211 g/mol. The van der Waals surface area contributed by atoms with Crippen molar-refractivity contribution in [2.75, 3.05) is 0 Å². The summed E-state index contributed by atoms with van der Waals surface area (Å²) in [6.45, 7) is 0. The van der Waals surface area contributed by atoms with Gasteiger partial charge < -0.3 is 0 Å². The van der Waals surface area contributed by atoms with Gasteiger partial charge in [-0.3, -0.25) is 0 Å². The second-order valence-electron chi connectivity index (χ2n) is 4.38. The molecule has 2 aromatic rings. The molecule has 0 saturated carbocycles. The summed E-state index contributed by atoms with van der Waals surface area (Å²) in [5, 5.41) is 0. The Kier molecular flexibility index (Phi) is 2.52. The molecule has 0 nitrogen and oxygen atoms in total. The van der Waals surface area contributed by atoms with Gasteiger partial charge in [-0.25, -0.2) is 4.39 Å². The molecule has 1 unspecified atom stereocenters. The van der Waals surface area contributed by atoms with Crippen LogP contribution in [0.25, 0.3) is 11.1 Å². The van der Waals surface area contributed by atoms with Crippen molar-refractivity contribution in [3.8, 4) is 11.1 Å². The first-order valence-corrected chi connectivity index (χ1v) is 5.86. The predicted molar refractivity (Wildman–Crippen MR) is 68.3 cm³/mol. The summed E-state index contributed by atoms with van der Waals surface area (Å²) in [6.07, 6.45) is 5.27. The van der Waals surface area contributed by atoms with Gasteiger partial charge in [0.2, 0.25) is 0 Å². The Morgan fingerprint density at radius 2 is 1.76 bits per heavy atom. The topological polar surface area (TPSA) is 0 Å². The van der Waals surface area contributed by atoms with Gasteiger partial charge in [-0.05, 0) is 23.6 Å². The molecule has 0 heterocycles. The van der Waals surface area contributed by atoms with E-state index < -0.39 is 0 Å². The molecule has 84 valence electrons. The van der Waals surface area contributed by atoms with E-state index in [-0.39, 0.29) is 5.82 Å².